The number of pyridine rings is 2. The van der Waals surface area contributed by atoms with Crippen LogP contribution >= 0.6 is 11.8 Å². The summed E-state index contributed by atoms with van der Waals surface area (Å²) in [6.07, 6.45) is 1.64. The van der Waals surface area contributed by atoms with E-state index in [0.717, 1.165) is 37.1 Å². The predicted molar refractivity (Wildman–Crippen MR) is 125 cm³/mol. The number of aromatic hydroxyl groups is 1. The second kappa shape index (κ2) is 8.42. The van der Waals surface area contributed by atoms with E-state index in [1.807, 2.05) is 41.0 Å². The third-order valence-electron chi connectivity index (χ3n) is 5.19. The van der Waals surface area contributed by atoms with Gasteiger partial charge >= 0.3 is 0 Å². The number of phenolic OH excluding ortho intramolecular Hbond substituents is 1. The summed E-state index contributed by atoms with van der Waals surface area (Å²) in [5.41, 5.74) is 2.35. The molecule has 0 saturated heterocycles. The maximum atomic E-state index is 10.2. The van der Waals surface area contributed by atoms with Gasteiger partial charge in [0.25, 0.3) is 0 Å². The van der Waals surface area contributed by atoms with Crippen LogP contribution in [0.25, 0.3) is 38.5 Å². The van der Waals surface area contributed by atoms with Crippen molar-refractivity contribution in [2.24, 2.45) is 0 Å². The SMILES string of the molecule is [2H]c1ccnc(-n2c3[c-]c(Sc4ccc5cc([2H])cc(O)c5n4)ccc3c3ccccc32)c1.[Pt]. The zero-order valence-electron chi connectivity index (χ0n) is 18.5. The van der Waals surface area contributed by atoms with E-state index in [1.165, 1.54) is 17.8 Å². The molecule has 4 nitrogen and oxygen atoms in total. The Hall–Kier alpha value is -3.14. The van der Waals surface area contributed by atoms with E-state index in [2.05, 4.69) is 28.2 Å². The summed E-state index contributed by atoms with van der Waals surface area (Å²) in [5, 5.41) is 13.8. The Morgan fingerprint density at radius 1 is 0.906 bits per heavy atom. The van der Waals surface area contributed by atoms with E-state index in [4.69, 9.17) is 2.74 Å². The third-order valence-corrected chi connectivity index (χ3v) is 6.09. The Labute approximate surface area is 206 Å². The Bertz CT molecular complexity index is 1700. The first-order valence-corrected chi connectivity index (χ1v) is 10.6. The molecule has 0 fully saturated rings. The average molecular weight is 616 g/mol. The van der Waals surface area contributed by atoms with Crippen molar-refractivity contribution in [2.45, 2.75) is 9.92 Å². The molecule has 3 aromatic carbocycles. The summed E-state index contributed by atoms with van der Waals surface area (Å²) < 4.78 is 17.8. The van der Waals surface area contributed by atoms with Crippen molar-refractivity contribution in [3.63, 3.8) is 0 Å². The van der Waals surface area contributed by atoms with Gasteiger partial charge in [-0.1, -0.05) is 58.5 Å². The number of benzene rings is 3. The molecular weight excluding hydrogens is 597 g/mol. The molecule has 32 heavy (non-hydrogen) atoms. The van der Waals surface area contributed by atoms with Gasteiger partial charge in [0.15, 0.2) is 0 Å². The molecule has 0 unspecified atom stereocenters. The Kier molecular flexibility index (Phi) is 4.85. The molecule has 6 rings (SSSR count). The van der Waals surface area contributed by atoms with Crippen molar-refractivity contribution in [2.75, 3.05) is 0 Å². The number of fused-ring (bicyclic) bond motifs is 4. The van der Waals surface area contributed by atoms with Crippen LogP contribution in [0.1, 0.15) is 2.74 Å². The van der Waals surface area contributed by atoms with E-state index < -0.39 is 0 Å². The molecule has 6 aromatic rings. The maximum absolute atomic E-state index is 10.2. The number of para-hydroxylation sites is 2. The first-order chi connectivity index (χ1) is 16.1. The van der Waals surface area contributed by atoms with Gasteiger partial charge in [0.2, 0.25) is 0 Å². The second-order valence-electron chi connectivity index (χ2n) is 7.08. The molecule has 0 aliphatic carbocycles. The molecule has 3 aromatic heterocycles. The largest absolute Gasteiger partial charge is 0.506 e. The summed E-state index contributed by atoms with van der Waals surface area (Å²) in [7, 11) is 0. The molecule has 0 bridgehead atoms. The molecular formula is C26H16N3OPtS-. The molecule has 0 saturated carbocycles. The van der Waals surface area contributed by atoms with Gasteiger partial charge in [-0.3, -0.25) is 0 Å². The van der Waals surface area contributed by atoms with Crippen LogP contribution in [-0.2, 0) is 21.1 Å². The van der Waals surface area contributed by atoms with E-state index in [9.17, 15) is 5.11 Å². The zero-order chi connectivity index (χ0) is 22.5. The van der Waals surface area contributed by atoms with Crippen LogP contribution in [0.15, 0.2) is 101 Å². The number of aromatic nitrogens is 3. The number of phenols is 1. The summed E-state index contributed by atoms with van der Waals surface area (Å²) >= 11 is 1.45. The molecule has 0 amide bonds. The second-order valence-corrected chi connectivity index (χ2v) is 8.14. The fourth-order valence-electron chi connectivity index (χ4n) is 3.83. The zero-order valence-corrected chi connectivity index (χ0v) is 19.6. The number of nitrogens with zero attached hydrogens (tertiary/aromatic N) is 3. The van der Waals surface area contributed by atoms with Crippen molar-refractivity contribution in [3.8, 4) is 11.6 Å². The predicted octanol–water partition coefficient (Wildman–Crippen LogP) is 6.38. The van der Waals surface area contributed by atoms with E-state index in [-0.39, 0.29) is 32.9 Å². The van der Waals surface area contributed by atoms with Gasteiger partial charge < -0.3 is 9.67 Å². The van der Waals surface area contributed by atoms with E-state index >= 15 is 0 Å². The van der Waals surface area contributed by atoms with Crippen LogP contribution in [-0.4, -0.2) is 19.6 Å². The van der Waals surface area contributed by atoms with Crippen LogP contribution in [0.5, 0.6) is 5.75 Å². The summed E-state index contributed by atoms with van der Waals surface area (Å²) in [4.78, 5) is 9.97. The van der Waals surface area contributed by atoms with Gasteiger partial charge in [0, 0.05) is 38.2 Å². The molecule has 1 N–H and O–H groups in total. The van der Waals surface area contributed by atoms with Gasteiger partial charge in [-0.2, -0.15) is 12.1 Å². The molecule has 6 heteroatoms. The topological polar surface area (TPSA) is 50.9 Å². The fourth-order valence-corrected chi connectivity index (χ4v) is 4.61. The fraction of sp³-hybridized carbons (Fsp3) is 0. The number of hydrogen-bond acceptors (Lipinski definition) is 4. The van der Waals surface area contributed by atoms with Gasteiger partial charge in [-0.25, -0.2) is 9.97 Å². The van der Waals surface area contributed by atoms with E-state index in [1.54, 1.807) is 24.4 Å². The third kappa shape index (κ3) is 3.48. The van der Waals surface area contributed by atoms with Gasteiger partial charge in [0.05, 0.1) is 7.77 Å². The van der Waals surface area contributed by atoms with Crippen molar-refractivity contribution >= 4 is 44.5 Å². The molecule has 0 atom stereocenters. The van der Waals surface area contributed by atoms with E-state index in [0.29, 0.717) is 17.4 Å². The summed E-state index contributed by atoms with van der Waals surface area (Å²) in [5.74, 6) is 0.674. The first-order valence-electron chi connectivity index (χ1n) is 10.7. The average Bonchev–Trinajstić information content (AvgIpc) is 3.13. The monoisotopic (exact) mass is 615 g/mol. The molecule has 0 radical (unpaired) electrons. The van der Waals surface area contributed by atoms with Gasteiger partial charge in [-0.15, -0.1) is 11.5 Å². The van der Waals surface area contributed by atoms with Crippen LogP contribution in [0.4, 0.5) is 0 Å². The van der Waals surface area contributed by atoms with Crippen LogP contribution in [0.3, 0.4) is 0 Å². The normalized spacial score (nSPS) is 12.0. The summed E-state index contributed by atoms with van der Waals surface area (Å²) in [6, 6.07) is 26.6. The maximum Gasteiger partial charge on any atom is 0.141 e. The van der Waals surface area contributed by atoms with Crippen LogP contribution < -0.4 is 0 Å². The standard InChI is InChI=1S/C26H16N3OS.Pt/c30-23-9-5-6-17-11-14-25(28-26(17)23)31-18-12-13-20-19-7-1-2-8-21(19)29(22(20)16-18)24-10-3-4-15-27-24;/h1-15,30H;/q-1;/i3D,5D;. The van der Waals surface area contributed by atoms with Gasteiger partial charge in [0.1, 0.15) is 17.1 Å². The number of hydrogen-bond donors (Lipinski definition) is 1. The minimum Gasteiger partial charge on any atom is -0.506 e. The van der Waals surface area contributed by atoms with Crippen LogP contribution in [0.2, 0.25) is 0 Å². The molecule has 0 aliphatic rings. The van der Waals surface area contributed by atoms with Crippen molar-refractivity contribution in [1.29, 1.82) is 0 Å². The molecule has 158 valence electrons. The Balaban J connectivity index is 0.00000241. The summed E-state index contributed by atoms with van der Waals surface area (Å²) in [6.45, 7) is 0. The van der Waals surface area contributed by atoms with Crippen molar-refractivity contribution in [1.82, 2.24) is 14.5 Å². The van der Waals surface area contributed by atoms with Gasteiger partial charge in [-0.05, 0) is 41.8 Å². The Morgan fingerprint density at radius 2 is 1.81 bits per heavy atom. The minimum absolute atomic E-state index is 0. The molecule has 0 spiro atoms. The quantitative estimate of drug-likeness (QED) is 0.235. The molecule has 0 aliphatic heterocycles. The molecule has 3 heterocycles. The van der Waals surface area contributed by atoms with Crippen molar-refractivity contribution < 1.29 is 28.9 Å². The van der Waals surface area contributed by atoms with Crippen LogP contribution in [0, 0.1) is 6.07 Å². The minimum atomic E-state index is 0. The Morgan fingerprint density at radius 3 is 2.72 bits per heavy atom. The van der Waals surface area contributed by atoms with Crippen molar-refractivity contribution in [3.05, 3.63) is 97.1 Å². The smallest absolute Gasteiger partial charge is 0.141 e. The number of rotatable bonds is 3. The first kappa shape index (κ1) is 18.4.